The molecule has 4 nitrogen and oxygen atoms in total. The van der Waals surface area contributed by atoms with Crippen LogP contribution in [0, 0.1) is 0 Å². The van der Waals surface area contributed by atoms with Gasteiger partial charge in [-0.2, -0.15) is 0 Å². The second-order valence-electron chi connectivity index (χ2n) is 6.55. The Morgan fingerprint density at radius 3 is 2.60 bits per heavy atom. The molecule has 0 spiro atoms. The van der Waals surface area contributed by atoms with Crippen molar-refractivity contribution in [2.45, 2.75) is 11.8 Å². The Morgan fingerprint density at radius 1 is 1.13 bits per heavy atom. The average molecular weight is 452 g/mol. The fraction of sp³-hybridized carbons (Fsp3) is 0.0870. The first kappa shape index (κ1) is 20.7. The van der Waals surface area contributed by atoms with Gasteiger partial charge in [-0.25, -0.2) is 0 Å². The molecule has 1 aliphatic rings. The number of anilines is 1. The Balaban J connectivity index is 1.57. The Labute approximate surface area is 188 Å². The zero-order valence-corrected chi connectivity index (χ0v) is 18.7. The molecule has 1 fully saturated rings. The molecular formula is C23H17NO3S3. The number of rotatable bonds is 5. The van der Waals surface area contributed by atoms with E-state index in [2.05, 4.69) is 0 Å². The number of hydrogen-bond donors (Lipinski definition) is 0. The number of carbonyl (C=O) groups excluding carboxylic acids is 2. The van der Waals surface area contributed by atoms with Crippen molar-refractivity contribution in [2.24, 2.45) is 0 Å². The summed E-state index contributed by atoms with van der Waals surface area (Å²) >= 11 is 8.32. The topological polar surface area (TPSA) is 50.5 Å². The van der Waals surface area contributed by atoms with Gasteiger partial charge in [-0.3, -0.25) is 14.5 Å². The van der Waals surface area contributed by atoms with Gasteiger partial charge >= 0.3 is 0 Å². The maximum atomic E-state index is 13.0. The molecule has 4 rings (SSSR count). The van der Waals surface area contributed by atoms with E-state index in [4.69, 9.17) is 16.6 Å². The molecule has 150 valence electrons. The summed E-state index contributed by atoms with van der Waals surface area (Å²) in [6.07, 6.45) is 3.70. The zero-order valence-electron chi connectivity index (χ0n) is 16.2. The molecule has 1 saturated heterocycles. The van der Waals surface area contributed by atoms with E-state index < -0.39 is 0 Å². The molecule has 2 heterocycles. The standard InChI is InChI=1S/C23H17NO3S3/c1-14(25)15-6-8-16(9-7-15)20-11-10-18(27-20)13-21-22(26)24(23(28)30-21)17-4-3-5-19(12-17)29-2/h3-13H,1-2H3/b21-13+. The maximum Gasteiger partial charge on any atom is 0.270 e. The number of ketones is 1. The van der Waals surface area contributed by atoms with Crippen LogP contribution in [0.2, 0.25) is 0 Å². The summed E-state index contributed by atoms with van der Waals surface area (Å²) in [6, 6.07) is 18.6. The van der Waals surface area contributed by atoms with Crippen LogP contribution in [-0.4, -0.2) is 22.3 Å². The van der Waals surface area contributed by atoms with E-state index in [-0.39, 0.29) is 11.7 Å². The second-order valence-corrected chi connectivity index (χ2v) is 9.11. The predicted octanol–water partition coefficient (Wildman–Crippen LogP) is 6.28. The first-order valence-corrected chi connectivity index (χ1v) is 11.5. The smallest absolute Gasteiger partial charge is 0.270 e. The van der Waals surface area contributed by atoms with E-state index in [0.29, 0.717) is 26.3 Å². The minimum Gasteiger partial charge on any atom is -0.457 e. The lowest BCUT2D eigenvalue weighted by Gasteiger charge is -2.15. The predicted molar refractivity (Wildman–Crippen MR) is 128 cm³/mol. The summed E-state index contributed by atoms with van der Waals surface area (Å²) < 4.78 is 6.40. The summed E-state index contributed by atoms with van der Waals surface area (Å²) in [5.74, 6) is 1.09. The van der Waals surface area contributed by atoms with Crippen LogP contribution in [0.3, 0.4) is 0 Å². The average Bonchev–Trinajstić information content (AvgIpc) is 3.32. The van der Waals surface area contributed by atoms with Crippen molar-refractivity contribution in [3.05, 3.63) is 76.9 Å². The van der Waals surface area contributed by atoms with Crippen molar-refractivity contribution in [1.82, 2.24) is 0 Å². The summed E-state index contributed by atoms with van der Waals surface area (Å²) in [7, 11) is 0. The van der Waals surface area contributed by atoms with Gasteiger partial charge in [-0.1, -0.05) is 54.3 Å². The molecule has 1 aromatic heterocycles. The van der Waals surface area contributed by atoms with E-state index in [1.807, 2.05) is 54.8 Å². The van der Waals surface area contributed by atoms with Crippen molar-refractivity contribution in [2.75, 3.05) is 11.2 Å². The molecule has 30 heavy (non-hydrogen) atoms. The Bertz CT molecular complexity index is 1180. The summed E-state index contributed by atoms with van der Waals surface area (Å²) in [5, 5.41) is 0. The molecule has 2 aromatic carbocycles. The van der Waals surface area contributed by atoms with Gasteiger partial charge in [-0.15, -0.1) is 11.8 Å². The third-order valence-electron chi connectivity index (χ3n) is 4.58. The lowest BCUT2D eigenvalue weighted by atomic mass is 10.1. The summed E-state index contributed by atoms with van der Waals surface area (Å²) in [6.45, 7) is 1.54. The van der Waals surface area contributed by atoms with Crippen LogP contribution in [0.15, 0.2) is 74.9 Å². The third-order valence-corrected chi connectivity index (χ3v) is 6.61. The zero-order chi connectivity index (χ0) is 21.3. The van der Waals surface area contributed by atoms with Gasteiger partial charge in [0.05, 0.1) is 10.6 Å². The van der Waals surface area contributed by atoms with Gasteiger partial charge in [-0.05, 0) is 43.5 Å². The largest absolute Gasteiger partial charge is 0.457 e. The number of Topliss-reactive ketones (excluding diaryl/α,β-unsaturated/α-hetero) is 1. The van der Waals surface area contributed by atoms with Crippen molar-refractivity contribution in [3.8, 4) is 11.3 Å². The Kier molecular flexibility index (Phi) is 5.94. The van der Waals surface area contributed by atoms with Crippen molar-refractivity contribution >= 4 is 63.5 Å². The van der Waals surface area contributed by atoms with E-state index in [1.165, 1.54) is 18.7 Å². The Morgan fingerprint density at radius 2 is 1.90 bits per heavy atom. The van der Waals surface area contributed by atoms with Gasteiger partial charge in [0.15, 0.2) is 10.1 Å². The van der Waals surface area contributed by atoms with Crippen LogP contribution in [0.4, 0.5) is 5.69 Å². The Hall–Kier alpha value is -2.61. The summed E-state index contributed by atoms with van der Waals surface area (Å²) in [4.78, 5) is 27.5. The fourth-order valence-corrected chi connectivity index (χ4v) is 4.76. The van der Waals surface area contributed by atoms with Crippen LogP contribution >= 0.6 is 35.7 Å². The first-order valence-electron chi connectivity index (χ1n) is 9.09. The van der Waals surface area contributed by atoms with Gasteiger partial charge < -0.3 is 4.42 Å². The molecular weight excluding hydrogens is 434 g/mol. The van der Waals surface area contributed by atoms with E-state index in [0.717, 1.165) is 16.1 Å². The molecule has 0 saturated carbocycles. The van der Waals surface area contributed by atoms with Crippen LogP contribution < -0.4 is 4.90 Å². The highest BCUT2D eigenvalue weighted by atomic mass is 32.2. The number of amides is 1. The monoisotopic (exact) mass is 451 g/mol. The highest BCUT2D eigenvalue weighted by Gasteiger charge is 2.33. The molecule has 0 aliphatic carbocycles. The normalized spacial score (nSPS) is 15.3. The van der Waals surface area contributed by atoms with Crippen molar-refractivity contribution in [3.63, 3.8) is 0 Å². The number of benzene rings is 2. The molecule has 0 radical (unpaired) electrons. The van der Waals surface area contributed by atoms with Crippen LogP contribution in [0.25, 0.3) is 17.4 Å². The number of furan rings is 1. The van der Waals surface area contributed by atoms with Crippen LogP contribution in [-0.2, 0) is 4.79 Å². The molecule has 3 aromatic rings. The number of nitrogens with zero attached hydrogens (tertiary/aromatic N) is 1. The molecule has 0 bridgehead atoms. The SMILES string of the molecule is CSc1cccc(N2C(=O)/C(=C\c3ccc(-c4ccc(C(C)=O)cc4)o3)SC2=S)c1. The van der Waals surface area contributed by atoms with Gasteiger partial charge in [0.25, 0.3) is 5.91 Å². The van der Waals surface area contributed by atoms with Gasteiger partial charge in [0.1, 0.15) is 11.5 Å². The maximum absolute atomic E-state index is 13.0. The number of thiocarbonyl (C=S) groups is 1. The molecule has 0 N–H and O–H groups in total. The molecule has 1 amide bonds. The first-order chi connectivity index (χ1) is 14.5. The number of hydrogen-bond acceptors (Lipinski definition) is 6. The number of carbonyl (C=O) groups is 2. The fourth-order valence-electron chi connectivity index (χ4n) is 3.02. The van der Waals surface area contributed by atoms with Crippen LogP contribution in [0.5, 0.6) is 0 Å². The van der Waals surface area contributed by atoms with Gasteiger partial charge in [0, 0.05) is 22.1 Å². The molecule has 0 unspecified atom stereocenters. The highest BCUT2D eigenvalue weighted by molar-refractivity contribution is 8.27. The molecule has 1 aliphatic heterocycles. The summed E-state index contributed by atoms with van der Waals surface area (Å²) in [5.41, 5.74) is 2.28. The van der Waals surface area contributed by atoms with Crippen LogP contribution in [0.1, 0.15) is 23.0 Å². The molecule has 7 heteroatoms. The minimum atomic E-state index is -0.160. The van der Waals surface area contributed by atoms with E-state index >= 15 is 0 Å². The lowest BCUT2D eigenvalue weighted by Crippen LogP contribution is -2.27. The quantitative estimate of drug-likeness (QED) is 0.197. The van der Waals surface area contributed by atoms with Gasteiger partial charge in [0.2, 0.25) is 0 Å². The minimum absolute atomic E-state index is 0.0202. The van der Waals surface area contributed by atoms with E-state index in [9.17, 15) is 9.59 Å². The number of thioether (sulfide) groups is 2. The lowest BCUT2D eigenvalue weighted by molar-refractivity contribution is -0.113. The third kappa shape index (κ3) is 4.14. The van der Waals surface area contributed by atoms with Crippen molar-refractivity contribution < 1.29 is 14.0 Å². The van der Waals surface area contributed by atoms with Crippen molar-refractivity contribution in [1.29, 1.82) is 0 Å². The second kappa shape index (κ2) is 8.63. The van der Waals surface area contributed by atoms with E-state index in [1.54, 1.807) is 34.9 Å². The molecule has 0 atom stereocenters. The highest BCUT2D eigenvalue weighted by Crippen LogP contribution is 2.37.